The molecule has 0 aliphatic carbocycles. The smallest absolute Gasteiger partial charge is 0.243 e. The Morgan fingerprint density at radius 3 is 2.48 bits per heavy atom. The van der Waals surface area contributed by atoms with Crippen LogP contribution in [0.5, 0.6) is 0 Å². The molecule has 1 aromatic heterocycles. The number of rotatable bonds is 10. The molecule has 0 spiro atoms. The number of benzene rings is 2. The van der Waals surface area contributed by atoms with E-state index in [1.807, 2.05) is 42.7 Å². The van der Waals surface area contributed by atoms with E-state index >= 15 is 0 Å². The van der Waals surface area contributed by atoms with Crippen LogP contribution in [0.4, 0.5) is 0 Å². The van der Waals surface area contributed by atoms with Gasteiger partial charge in [0.05, 0.1) is 16.7 Å². The number of sulfonamides is 1. The standard InChI is InChI=1S/C22H25N5O2S2/c1-3-26(4-2)31(28,29)20-12-8-11-19(17-20)21-24-25-22(30-16-14-23)27(21)15-13-18-9-6-5-7-10-18/h5-12,17H,3-4,13,15-16H2,1-2H3. The average Bonchev–Trinajstić information content (AvgIpc) is 3.20. The van der Waals surface area contributed by atoms with Gasteiger partial charge in [-0.3, -0.25) is 0 Å². The van der Waals surface area contributed by atoms with E-state index in [9.17, 15) is 8.42 Å². The van der Waals surface area contributed by atoms with Gasteiger partial charge in [0.1, 0.15) is 0 Å². The van der Waals surface area contributed by atoms with Crippen LogP contribution in [0.1, 0.15) is 19.4 Å². The second-order valence-electron chi connectivity index (χ2n) is 6.76. The second kappa shape index (κ2) is 10.6. The van der Waals surface area contributed by atoms with Crippen LogP contribution in [0.3, 0.4) is 0 Å². The van der Waals surface area contributed by atoms with Crippen molar-refractivity contribution < 1.29 is 8.42 Å². The molecule has 0 unspecified atom stereocenters. The lowest BCUT2D eigenvalue weighted by Crippen LogP contribution is -2.30. The van der Waals surface area contributed by atoms with Crippen LogP contribution >= 0.6 is 11.8 Å². The highest BCUT2D eigenvalue weighted by molar-refractivity contribution is 7.99. The Hall–Kier alpha value is -2.67. The first-order valence-electron chi connectivity index (χ1n) is 10.1. The summed E-state index contributed by atoms with van der Waals surface area (Å²) in [5.41, 5.74) is 1.86. The number of nitriles is 1. The fourth-order valence-electron chi connectivity index (χ4n) is 3.30. The molecule has 0 amide bonds. The molecule has 0 aliphatic rings. The van der Waals surface area contributed by atoms with Gasteiger partial charge in [-0.25, -0.2) is 8.42 Å². The van der Waals surface area contributed by atoms with E-state index in [0.717, 1.165) is 6.42 Å². The molecule has 2 aromatic carbocycles. The predicted octanol–water partition coefficient (Wildman–Crippen LogP) is 3.83. The third-order valence-corrected chi connectivity index (χ3v) is 7.76. The molecule has 1 heterocycles. The molecule has 0 saturated heterocycles. The predicted molar refractivity (Wildman–Crippen MR) is 122 cm³/mol. The van der Waals surface area contributed by atoms with Crippen molar-refractivity contribution in [1.82, 2.24) is 19.1 Å². The number of hydrogen-bond donors (Lipinski definition) is 0. The minimum absolute atomic E-state index is 0.234. The van der Waals surface area contributed by atoms with E-state index in [-0.39, 0.29) is 10.6 Å². The maximum atomic E-state index is 13.0. The summed E-state index contributed by atoms with van der Waals surface area (Å²) in [6.45, 7) is 5.08. The minimum atomic E-state index is -3.58. The van der Waals surface area contributed by atoms with Crippen molar-refractivity contribution in [3.63, 3.8) is 0 Å². The molecule has 162 valence electrons. The highest BCUT2D eigenvalue weighted by Crippen LogP contribution is 2.27. The van der Waals surface area contributed by atoms with Gasteiger partial charge in [0, 0.05) is 25.2 Å². The Bertz CT molecular complexity index is 1150. The summed E-state index contributed by atoms with van der Waals surface area (Å²) in [4.78, 5) is 0.234. The molecule has 3 aromatic rings. The molecular formula is C22H25N5O2S2. The van der Waals surface area contributed by atoms with Crippen molar-refractivity contribution >= 4 is 21.8 Å². The summed E-state index contributed by atoms with van der Waals surface area (Å²) in [5.74, 6) is 0.854. The zero-order valence-electron chi connectivity index (χ0n) is 17.6. The number of hydrogen-bond acceptors (Lipinski definition) is 6. The van der Waals surface area contributed by atoms with Gasteiger partial charge in [0.15, 0.2) is 11.0 Å². The second-order valence-corrected chi connectivity index (χ2v) is 9.64. The first kappa shape index (κ1) is 23.0. The zero-order valence-corrected chi connectivity index (χ0v) is 19.2. The highest BCUT2D eigenvalue weighted by Gasteiger charge is 2.23. The van der Waals surface area contributed by atoms with Gasteiger partial charge >= 0.3 is 0 Å². The van der Waals surface area contributed by atoms with Crippen molar-refractivity contribution in [1.29, 1.82) is 5.26 Å². The summed E-state index contributed by atoms with van der Waals surface area (Å²) < 4.78 is 29.3. The zero-order chi connectivity index (χ0) is 22.3. The maximum absolute atomic E-state index is 13.0. The monoisotopic (exact) mass is 455 g/mol. The molecule has 9 heteroatoms. The molecule has 0 N–H and O–H groups in total. The fraction of sp³-hybridized carbons (Fsp3) is 0.318. The fourth-order valence-corrected chi connectivity index (χ4v) is 5.43. The Kier molecular flexibility index (Phi) is 7.85. The summed E-state index contributed by atoms with van der Waals surface area (Å²) >= 11 is 1.32. The van der Waals surface area contributed by atoms with Gasteiger partial charge in [0.2, 0.25) is 10.0 Å². The van der Waals surface area contributed by atoms with Crippen molar-refractivity contribution in [2.45, 2.75) is 36.9 Å². The van der Waals surface area contributed by atoms with Crippen molar-refractivity contribution in [3.8, 4) is 17.5 Å². The third-order valence-electron chi connectivity index (χ3n) is 4.88. The number of thioether (sulfide) groups is 1. The van der Waals surface area contributed by atoms with Gasteiger partial charge in [-0.15, -0.1) is 10.2 Å². The van der Waals surface area contributed by atoms with Crippen LogP contribution in [0.15, 0.2) is 64.6 Å². The largest absolute Gasteiger partial charge is 0.302 e. The Morgan fingerprint density at radius 2 is 1.81 bits per heavy atom. The first-order chi connectivity index (χ1) is 15.0. The Labute approximate surface area is 187 Å². The van der Waals surface area contributed by atoms with Crippen molar-refractivity contribution in [3.05, 3.63) is 60.2 Å². The number of aryl methyl sites for hydroxylation is 1. The Balaban J connectivity index is 1.98. The van der Waals surface area contributed by atoms with Crippen molar-refractivity contribution in [2.75, 3.05) is 18.8 Å². The molecule has 0 aliphatic heterocycles. The van der Waals surface area contributed by atoms with Crippen LogP contribution in [0, 0.1) is 11.3 Å². The molecule has 0 atom stereocenters. The normalized spacial score (nSPS) is 11.5. The lowest BCUT2D eigenvalue weighted by atomic mass is 10.1. The van der Waals surface area contributed by atoms with Gasteiger partial charge < -0.3 is 4.57 Å². The van der Waals surface area contributed by atoms with E-state index in [0.29, 0.717) is 36.2 Å². The van der Waals surface area contributed by atoms with E-state index < -0.39 is 10.0 Å². The maximum Gasteiger partial charge on any atom is 0.243 e. The van der Waals surface area contributed by atoms with Crippen LogP contribution in [0.25, 0.3) is 11.4 Å². The van der Waals surface area contributed by atoms with E-state index in [1.165, 1.54) is 21.6 Å². The van der Waals surface area contributed by atoms with Gasteiger partial charge in [-0.05, 0) is 24.1 Å². The van der Waals surface area contributed by atoms with Crippen LogP contribution in [0.2, 0.25) is 0 Å². The van der Waals surface area contributed by atoms with E-state index in [2.05, 4.69) is 28.4 Å². The Morgan fingerprint density at radius 1 is 1.06 bits per heavy atom. The quantitative estimate of drug-likeness (QED) is 0.432. The molecular weight excluding hydrogens is 430 g/mol. The third kappa shape index (κ3) is 5.34. The van der Waals surface area contributed by atoms with Gasteiger partial charge in [-0.1, -0.05) is 68.1 Å². The van der Waals surface area contributed by atoms with E-state index in [1.54, 1.807) is 18.2 Å². The van der Waals surface area contributed by atoms with Crippen LogP contribution in [-0.2, 0) is 23.0 Å². The molecule has 0 fully saturated rings. The summed E-state index contributed by atoms with van der Waals surface area (Å²) in [7, 11) is -3.58. The first-order valence-corrected chi connectivity index (χ1v) is 12.5. The lowest BCUT2D eigenvalue weighted by Gasteiger charge is -2.18. The van der Waals surface area contributed by atoms with Gasteiger partial charge in [-0.2, -0.15) is 9.57 Å². The molecule has 7 nitrogen and oxygen atoms in total. The van der Waals surface area contributed by atoms with Crippen LogP contribution < -0.4 is 0 Å². The van der Waals surface area contributed by atoms with Crippen molar-refractivity contribution in [2.24, 2.45) is 0 Å². The SMILES string of the molecule is CCN(CC)S(=O)(=O)c1cccc(-c2nnc(SCC#N)n2CCc2ccccc2)c1. The molecule has 31 heavy (non-hydrogen) atoms. The van der Waals surface area contributed by atoms with Gasteiger partial charge in [0.25, 0.3) is 0 Å². The minimum Gasteiger partial charge on any atom is -0.302 e. The number of aromatic nitrogens is 3. The summed E-state index contributed by atoms with van der Waals surface area (Å²) in [5, 5.41) is 18.2. The summed E-state index contributed by atoms with van der Waals surface area (Å²) in [6.07, 6.45) is 0.767. The van der Waals surface area contributed by atoms with E-state index in [4.69, 9.17) is 5.26 Å². The number of nitrogens with zero attached hydrogens (tertiary/aromatic N) is 5. The molecule has 0 saturated carbocycles. The molecule has 0 radical (unpaired) electrons. The van der Waals surface area contributed by atoms with Crippen LogP contribution in [-0.4, -0.2) is 46.3 Å². The summed E-state index contributed by atoms with van der Waals surface area (Å²) in [6, 6.07) is 19.0. The highest BCUT2D eigenvalue weighted by atomic mass is 32.2. The average molecular weight is 456 g/mol. The topological polar surface area (TPSA) is 91.9 Å². The molecule has 0 bridgehead atoms. The molecule has 3 rings (SSSR count). The lowest BCUT2D eigenvalue weighted by molar-refractivity contribution is 0.445.